The number of hydrogen-bond acceptors (Lipinski definition) is 4. The lowest BCUT2D eigenvalue weighted by molar-refractivity contribution is -0.750. The Morgan fingerprint density at radius 1 is 1.40 bits per heavy atom. The van der Waals surface area contributed by atoms with Gasteiger partial charge in [-0.2, -0.15) is 0 Å². The molecule has 6 nitrogen and oxygen atoms in total. The van der Waals surface area contributed by atoms with Crippen LogP contribution in [-0.2, 0) is 7.05 Å². The fourth-order valence-corrected chi connectivity index (χ4v) is 3.26. The lowest BCUT2D eigenvalue weighted by Crippen LogP contribution is -2.41. The number of thiophene rings is 1. The number of carbonyl (C=O) groups is 1. The van der Waals surface area contributed by atoms with Gasteiger partial charge in [-0.25, -0.2) is 14.8 Å². The van der Waals surface area contributed by atoms with Crippen LogP contribution in [0, 0.1) is 13.8 Å². The molecule has 0 aliphatic rings. The van der Waals surface area contributed by atoms with Crippen LogP contribution in [0.1, 0.15) is 21.7 Å². The first-order valence-electron chi connectivity index (χ1n) is 6.02. The van der Waals surface area contributed by atoms with E-state index in [0.29, 0.717) is 22.8 Å². The standard InChI is InChI=1S/C13H12N4O2S/c1-7-10(13(18)19)8(2)17(16(7)3)12-11-9(4-5-20-11)14-6-15-12/h4-6H,1-3H3/p+1. The minimum absolute atomic E-state index is 0.316. The molecule has 0 saturated carbocycles. The molecule has 0 amide bonds. The minimum atomic E-state index is -0.925. The van der Waals surface area contributed by atoms with Gasteiger partial charge in [0.1, 0.15) is 16.7 Å². The Morgan fingerprint density at radius 2 is 2.15 bits per heavy atom. The predicted molar refractivity (Wildman–Crippen MR) is 74.4 cm³/mol. The Morgan fingerprint density at radius 3 is 2.80 bits per heavy atom. The molecule has 0 aliphatic heterocycles. The van der Waals surface area contributed by atoms with Crippen molar-refractivity contribution in [3.05, 3.63) is 34.7 Å². The number of carboxylic acid groups (broad SMARTS) is 1. The van der Waals surface area contributed by atoms with Gasteiger partial charge in [-0.3, -0.25) is 0 Å². The number of fused-ring (bicyclic) bond motifs is 1. The van der Waals surface area contributed by atoms with E-state index in [1.54, 1.807) is 29.9 Å². The first kappa shape index (κ1) is 12.7. The zero-order valence-corrected chi connectivity index (χ0v) is 12.1. The molecule has 3 heterocycles. The van der Waals surface area contributed by atoms with Crippen molar-refractivity contribution in [2.75, 3.05) is 0 Å². The van der Waals surface area contributed by atoms with Crippen molar-refractivity contribution < 1.29 is 14.6 Å². The summed E-state index contributed by atoms with van der Waals surface area (Å²) in [5.74, 6) is -0.216. The summed E-state index contributed by atoms with van der Waals surface area (Å²) in [5.41, 5.74) is 2.53. The molecule has 7 heteroatoms. The summed E-state index contributed by atoms with van der Waals surface area (Å²) in [4.78, 5) is 19.9. The first-order valence-corrected chi connectivity index (χ1v) is 6.90. The summed E-state index contributed by atoms with van der Waals surface area (Å²) >= 11 is 1.54. The van der Waals surface area contributed by atoms with Crippen LogP contribution in [0.4, 0.5) is 0 Å². The second kappa shape index (κ2) is 4.38. The third-order valence-corrected chi connectivity index (χ3v) is 4.37. The summed E-state index contributed by atoms with van der Waals surface area (Å²) < 4.78 is 4.57. The molecule has 3 aromatic rings. The maximum Gasteiger partial charge on any atom is 0.344 e. The molecule has 0 unspecified atom stereocenters. The summed E-state index contributed by atoms with van der Waals surface area (Å²) in [6.45, 7) is 3.58. The number of aromatic nitrogens is 4. The summed E-state index contributed by atoms with van der Waals surface area (Å²) in [6, 6.07) is 1.93. The van der Waals surface area contributed by atoms with E-state index in [1.165, 1.54) is 6.33 Å². The van der Waals surface area contributed by atoms with E-state index in [4.69, 9.17) is 0 Å². The van der Waals surface area contributed by atoms with Gasteiger partial charge in [-0.05, 0) is 18.4 Å². The van der Waals surface area contributed by atoms with Gasteiger partial charge in [0, 0.05) is 6.92 Å². The lowest BCUT2D eigenvalue weighted by Gasteiger charge is -2.02. The molecule has 0 fully saturated rings. The van der Waals surface area contributed by atoms with E-state index in [2.05, 4.69) is 9.97 Å². The van der Waals surface area contributed by atoms with Gasteiger partial charge in [-0.1, -0.05) is 0 Å². The van der Waals surface area contributed by atoms with E-state index >= 15 is 0 Å². The summed E-state index contributed by atoms with van der Waals surface area (Å²) in [7, 11) is 1.83. The maximum absolute atomic E-state index is 11.4. The van der Waals surface area contributed by atoms with Crippen LogP contribution < -0.4 is 4.68 Å². The molecule has 3 rings (SSSR count). The highest BCUT2D eigenvalue weighted by atomic mass is 32.1. The molecular weight excluding hydrogens is 276 g/mol. The number of rotatable bonds is 2. The summed E-state index contributed by atoms with van der Waals surface area (Å²) in [6.07, 6.45) is 1.50. The van der Waals surface area contributed by atoms with Gasteiger partial charge in [-0.15, -0.1) is 20.7 Å². The van der Waals surface area contributed by atoms with Gasteiger partial charge >= 0.3 is 5.97 Å². The van der Waals surface area contributed by atoms with Crippen molar-refractivity contribution in [2.24, 2.45) is 7.05 Å². The molecule has 20 heavy (non-hydrogen) atoms. The number of carboxylic acids is 1. The summed E-state index contributed by atoms with van der Waals surface area (Å²) in [5, 5.41) is 11.3. The quantitative estimate of drug-likeness (QED) is 0.728. The normalized spacial score (nSPS) is 11.2. The Bertz CT molecular complexity index is 834. The van der Waals surface area contributed by atoms with Crippen molar-refractivity contribution in [1.29, 1.82) is 0 Å². The lowest BCUT2D eigenvalue weighted by atomic mass is 10.2. The Balaban J connectivity index is 2.38. The third kappa shape index (κ3) is 1.63. The molecule has 0 radical (unpaired) electrons. The number of hydrogen-bond donors (Lipinski definition) is 1. The van der Waals surface area contributed by atoms with Crippen LogP contribution >= 0.6 is 11.3 Å². The van der Waals surface area contributed by atoms with E-state index in [1.807, 2.05) is 23.2 Å². The van der Waals surface area contributed by atoms with Crippen molar-refractivity contribution in [1.82, 2.24) is 14.6 Å². The van der Waals surface area contributed by atoms with Gasteiger partial charge in [0.25, 0.3) is 0 Å². The molecule has 0 atom stereocenters. The first-order chi connectivity index (χ1) is 9.52. The number of nitrogens with zero attached hydrogens (tertiary/aromatic N) is 4. The molecule has 0 aromatic carbocycles. The van der Waals surface area contributed by atoms with Gasteiger partial charge in [0.15, 0.2) is 12.6 Å². The molecule has 0 spiro atoms. The van der Waals surface area contributed by atoms with Crippen LogP contribution in [0.2, 0.25) is 0 Å². The van der Waals surface area contributed by atoms with Gasteiger partial charge in [0.05, 0.1) is 5.52 Å². The van der Waals surface area contributed by atoms with Gasteiger partial charge in [0.2, 0.25) is 11.5 Å². The second-order valence-corrected chi connectivity index (χ2v) is 5.43. The van der Waals surface area contributed by atoms with E-state index < -0.39 is 5.97 Å². The number of aromatic carboxylic acids is 1. The zero-order valence-electron chi connectivity index (χ0n) is 11.3. The molecule has 3 aromatic heterocycles. The highest BCUT2D eigenvalue weighted by Gasteiger charge is 2.29. The van der Waals surface area contributed by atoms with E-state index in [9.17, 15) is 9.90 Å². The molecular formula is C13H13N4O2S+. The predicted octanol–water partition coefficient (Wildman–Crippen LogP) is 1.62. The molecule has 0 saturated heterocycles. The molecule has 1 N–H and O–H groups in total. The highest BCUT2D eigenvalue weighted by molar-refractivity contribution is 7.17. The van der Waals surface area contributed by atoms with Crippen LogP contribution in [0.3, 0.4) is 0 Å². The smallest absolute Gasteiger partial charge is 0.344 e. The van der Waals surface area contributed by atoms with Crippen molar-refractivity contribution in [2.45, 2.75) is 13.8 Å². The van der Waals surface area contributed by atoms with E-state index in [0.717, 1.165) is 10.2 Å². The topological polar surface area (TPSA) is 71.9 Å². The highest BCUT2D eigenvalue weighted by Crippen LogP contribution is 2.25. The average Bonchev–Trinajstić information content (AvgIpc) is 2.94. The van der Waals surface area contributed by atoms with Crippen molar-refractivity contribution >= 4 is 27.5 Å². The van der Waals surface area contributed by atoms with Crippen LogP contribution in [0.15, 0.2) is 17.8 Å². The zero-order chi connectivity index (χ0) is 14.4. The monoisotopic (exact) mass is 289 g/mol. The van der Waals surface area contributed by atoms with Crippen molar-refractivity contribution in [3.8, 4) is 5.82 Å². The molecule has 0 aliphatic carbocycles. The van der Waals surface area contributed by atoms with Crippen molar-refractivity contribution in [3.63, 3.8) is 0 Å². The van der Waals surface area contributed by atoms with Crippen LogP contribution in [-0.4, -0.2) is 25.7 Å². The fourth-order valence-electron chi connectivity index (χ4n) is 2.44. The third-order valence-electron chi connectivity index (χ3n) is 3.47. The second-order valence-electron chi connectivity index (χ2n) is 4.52. The maximum atomic E-state index is 11.4. The minimum Gasteiger partial charge on any atom is -0.477 e. The van der Waals surface area contributed by atoms with Crippen LogP contribution in [0.5, 0.6) is 0 Å². The molecule has 0 bridgehead atoms. The SMILES string of the molecule is Cc1c(C(=O)O)c(C)[n+](C)n1-c1ncnc2ccsc12. The average molecular weight is 289 g/mol. The Kier molecular flexibility index (Phi) is 2.79. The largest absolute Gasteiger partial charge is 0.477 e. The molecule has 102 valence electrons. The van der Waals surface area contributed by atoms with E-state index in [-0.39, 0.29) is 0 Å². The Labute approximate surface area is 118 Å². The Hall–Kier alpha value is -2.28. The van der Waals surface area contributed by atoms with Crippen LogP contribution in [0.25, 0.3) is 16.0 Å². The van der Waals surface area contributed by atoms with Gasteiger partial charge < -0.3 is 5.11 Å². The fraction of sp³-hybridized carbons (Fsp3) is 0.231.